The Balaban J connectivity index is 3.65. The molecule has 104 valence electrons. The number of carbonyl (C=O) groups excluding carboxylic acids is 3. The number of unbranched alkanes of at least 4 members (excludes halogenated alkanes) is 1. The van der Waals surface area contributed by atoms with Gasteiger partial charge in [0, 0.05) is 12.8 Å². The molecule has 0 radical (unpaired) electrons. The number of ketones is 1. The van der Waals surface area contributed by atoms with Crippen molar-refractivity contribution in [3.05, 3.63) is 0 Å². The molecule has 0 aliphatic rings. The molecule has 0 aromatic carbocycles. The van der Waals surface area contributed by atoms with E-state index in [1.54, 1.807) is 6.92 Å². The predicted molar refractivity (Wildman–Crippen MR) is 66.0 cm³/mol. The Morgan fingerprint density at radius 1 is 1.06 bits per heavy atom. The highest BCUT2D eigenvalue weighted by Crippen LogP contribution is 2.05. The van der Waals surface area contributed by atoms with Gasteiger partial charge in [-0.05, 0) is 26.2 Å². The topological polar surface area (TPSA) is 69.7 Å². The van der Waals surface area contributed by atoms with Gasteiger partial charge in [-0.3, -0.25) is 14.4 Å². The molecule has 0 amide bonds. The Morgan fingerprint density at radius 2 is 1.67 bits per heavy atom. The predicted octanol–water partition coefficient (Wildman–Crippen LogP) is 2.02. The summed E-state index contributed by atoms with van der Waals surface area (Å²) < 4.78 is 9.48. The van der Waals surface area contributed by atoms with Gasteiger partial charge in [0.15, 0.2) is 0 Å². The summed E-state index contributed by atoms with van der Waals surface area (Å²) >= 11 is 0. The summed E-state index contributed by atoms with van der Waals surface area (Å²) in [6.45, 7) is 3.70. The van der Waals surface area contributed by atoms with E-state index in [0.717, 1.165) is 6.42 Å². The molecule has 0 saturated carbocycles. The molecule has 0 aliphatic heterocycles. The summed E-state index contributed by atoms with van der Waals surface area (Å²) in [7, 11) is 1.33. The molecule has 1 atom stereocenters. The number of rotatable bonds is 9. The first-order valence-electron chi connectivity index (χ1n) is 6.27. The molecule has 18 heavy (non-hydrogen) atoms. The molecule has 0 fully saturated rings. The third kappa shape index (κ3) is 8.73. The van der Waals surface area contributed by atoms with Crippen LogP contribution in [0, 0.1) is 0 Å². The highest BCUT2D eigenvalue weighted by molar-refractivity contribution is 5.95. The quantitative estimate of drug-likeness (QED) is 0.359. The van der Waals surface area contributed by atoms with Gasteiger partial charge in [-0.25, -0.2) is 0 Å². The summed E-state index contributed by atoms with van der Waals surface area (Å²) in [4.78, 5) is 33.5. The van der Waals surface area contributed by atoms with E-state index >= 15 is 0 Å². The molecule has 0 aromatic heterocycles. The third-order valence-corrected chi connectivity index (χ3v) is 2.56. The maximum Gasteiger partial charge on any atom is 0.313 e. The number of methoxy groups -OCH3 is 1. The van der Waals surface area contributed by atoms with Gasteiger partial charge in [0.1, 0.15) is 12.2 Å². The van der Waals surface area contributed by atoms with Crippen LogP contribution in [0.25, 0.3) is 0 Å². The van der Waals surface area contributed by atoms with Crippen molar-refractivity contribution in [3.8, 4) is 0 Å². The van der Waals surface area contributed by atoms with Gasteiger partial charge in [0.05, 0.1) is 13.2 Å². The molecule has 0 aromatic rings. The second-order valence-corrected chi connectivity index (χ2v) is 4.21. The minimum Gasteiger partial charge on any atom is -0.469 e. The van der Waals surface area contributed by atoms with E-state index in [1.807, 2.05) is 6.92 Å². The van der Waals surface area contributed by atoms with Crippen molar-refractivity contribution in [2.24, 2.45) is 0 Å². The third-order valence-electron chi connectivity index (χ3n) is 2.56. The van der Waals surface area contributed by atoms with E-state index in [4.69, 9.17) is 4.74 Å². The van der Waals surface area contributed by atoms with Crippen molar-refractivity contribution in [1.29, 1.82) is 0 Å². The lowest BCUT2D eigenvalue weighted by Gasteiger charge is -2.10. The van der Waals surface area contributed by atoms with E-state index in [-0.39, 0.29) is 24.3 Å². The van der Waals surface area contributed by atoms with Gasteiger partial charge < -0.3 is 9.47 Å². The van der Waals surface area contributed by atoms with Gasteiger partial charge in [0.2, 0.25) is 0 Å². The first kappa shape index (κ1) is 16.6. The Bertz CT molecular complexity index is 285. The lowest BCUT2D eigenvalue weighted by atomic mass is 10.1. The van der Waals surface area contributed by atoms with Crippen LogP contribution >= 0.6 is 0 Å². The smallest absolute Gasteiger partial charge is 0.313 e. The van der Waals surface area contributed by atoms with Crippen LogP contribution < -0.4 is 0 Å². The SMILES string of the molecule is CCC(C)OC(=O)CC(=O)CCCCC(=O)OC. The van der Waals surface area contributed by atoms with E-state index < -0.39 is 5.97 Å². The zero-order valence-corrected chi connectivity index (χ0v) is 11.4. The Kier molecular flexibility index (Phi) is 8.88. The van der Waals surface area contributed by atoms with Crippen LogP contribution in [-0.2, 0) is 23.9 Å². The summed E-state index contributed by atoms with van der Waals surface area (Å²) in [6.07, 6.45) is 2.20. The van der Waals surface area contributed by atoms with Crippen molar-refractivity contribution in [2.75, 3.05) is 7.11 Å². The van der Waals surface area contributed by atoms with Crippen LogP contribution in [0.4, 0.5) is 0 Å². The summed E-state index contributed by atoms with van der Waals surface area (Å²) in [6, 6.07) is 0. The molecular formula is C13H22O5. The summed E-state index contributed by atoms with van der Waals surface area (Å²) in [5.41, 5.74) is 0. The summed E-state index contributed by atoms with van der Waals surface area (Å²) in [5, 5.41) is 0. The maximum absolute atomic E-state index is 11.4. The number of hydrogen-bond donors (Lipinski definition) is 0. The Morgan fingerprint density at radius 3 is 2.22 bits per heavy atom. The average molecular weight is 258 g/mol. The van der Waals surface area contributed by atoms with Crippen molar-refractivity contribution in [2.45, 2.75) is 58.5 Å². The van der Waals surface area contributed by atoms with Gasteiger partial charge in [-0.15, -0.1) is 0 Å². The van der Waals surface area contributed by atoms with Gasteiger partial charge in [-0.1, -0.05) is 6.92 Å². The molecule has 1 unspecified atom stereocenters. The lowest BCUT2D eigenvalue weighted by molar-refractivity contribution is -0.150. The fraction of sp³-hybridized carbons (Fsp3) is 0.769. The van der Waals surface area contributed by atoms with Crippen molar-refractivity contribution >= 4 is 17.7 Å². The molecule has 0 bridgehead atoms. The minimum atomic E-state index is -0.470. The minimum absolute atomic E-state index is 0.145. The number of Topliss-reactive ketones (excluding diaryl/α,β-unsaturated/α-hetero) is 1. The van der Waals surface area contributed by atoms with Crippen LogP contribution in [-0.4, -0.2) is 30.9 Å². The molecule has 0 heterocycles. The lowest BCUT2D eigenvalue weighted by Crippen LogP contribution is -2.17. The van der Waals surface area contributed by atoms with Crippen LogP contribution in [0.5, 0.6) is 0 Å². The largest absolute Gasteiger partial charge is 0.469 e. The van der Waals surface area contributed by atoms with E-state index in [9.17, 15) is 14.4 Å². The number of carbonyl (C=O) groups is 3. The van der Waals surface area contributed by atoms with Gasteiger partial charge >= 0.3 is 11.9 Å². The van der Waals surface area contributed by atoms with Crippen LogP contribution in [0.3, 0.4) is 0 Å². The second-order valence-electron chi connectivity index (χ2n) is 4.21. The molecule has 0 saturated heterocycles. The van der Waals surface area contributed by atoms with Gasteiger partial charge in [0.25, 0.3) is 0 Å². The second kappa shape index (κ2) is 9.62. The van der Waals surface area contributed by atoms with Gasteiger partial charge in [-0.2, -0.15) is 0 Å². The van der Waals surface area contributed by atoms with Crippen LogP contribution in [0.2, 0.25) is 0 Å². The highest BCUT2D eigenvalue weighted by Gasteiger charge is 2.13. The average Bonchev–Trinajstić information content (AvgIpc) is 2.33. The zero-order chi connectivity index (χ0) is 14.0. The van der Waals surface area contributed by atoms with Crippen LogP contribution in [0.15, 0.2) is 0 Å². The normalized spacial score (nSPS) is 11.7. The highest BCUT2D eigenvalue weighted by atomic mass is 16.5. The fourth-order valence-corrected chi connectivity index (χ4v) is 1.29. The Labute approximate surface area is 108 Å². The summed E-state index contributed by atoms with van der Waals surface area (Å²) in [5.74, 6) is -0.894. The Hall–Kier alpha value is -1.39. The molecule has 0 N–H and O–H groups in total. The standard InChI is InChI=1S/C13H22O5/c1-4-10(2)18-13(16)9-11(14)7-5-6-8-12(15)17-3/h10H,4-9H2,1-3H3. The molecular weight excluding hydrogens is 236 g/mol. The zero-order valence-electron chi connectivity index (χ0n) is 11.4. The first-order valence-corrected chi connectivity index (χ1v) is 6.27. The van der Waals surface area contributed by atoms with Crippen molar-refractivity contribution in [1.82, 2.24) is 0 Å². The molecule has 0 spiro atoms. The van der Waals surface area contributed by atoms with E-state index in [0.29, 0.717) is 25.7 Å². The van der Waals surface area contributed by atoms with Crippen molar-refractivity contribution < 1.29 is 23.9 Å². The first-order chi connectivity index (χ1) is 8.49. The van der Waals surface area contributed by atoms with Crippen LogP contribution in [0.1, 0.15) is 52.4 Å². The number of esters is 2. The fourth-order valence-electron chi connectivity index (χ4n) is 1.29. The number of ether oxygens (including phenoxy) is 2. The molecule has 5 heteroatoms. The van der Waals surface area contributed by atoms with Crippen molar-refractivity contribution in [3.63, 3.8) is 0 Å². The van der Waals surface area contributed by atoms with E-state index in [2.05, 4.69) is 4.74 Å². The maximum atomic E-state index is 11.4. The monoisotopic (exact) mass is 258 g/mol. The van der Waals surface area contributed by atoms with E-state index in [1.165, 1.54) is 7.11 Å². The molecule has 0 aliphatic carbocycles. The molecule has 5 nitrogen and oxygen atoms in total. The molecule has 0 rings (SSSR count). The number of hydrogen-bond acceptors (Lipinski definition) is 5.